The van der Waals surface area contributed by atoms with Gasteiger partial charge in [-0.1, -0.05) is 23.7 Å². The second kappa shape index (κ2) is 5.14. The number of rotatable bonds is 3. The first-order valence-electron chi connectivity index (χ1n) is 4.57. The molecule has 0 spiro atoms. The van der Waals surface area contributed by atoms with Crippen molar-refractivity contribution < 1.29 is 14.6 Å². The molecule has 0 aliphatic rings. The highest BCUT2D eigenvalue weighted by atomic mass is 35.5. The van der Waals surface area contributed by atoms with Crippen molar-refractivity contribution in [1.29, 1.82) is 0 Å². The molecule has 0 saturated carbocycles. The van der Waals surface area contributed by atoms with Crippen LogP contribution in [0.15, 0.2) is 24.3 Å². The maximum atomic E-state index is 11.2. The zero-order valence-corrected chi connectivity index (χ0v) is 9.36. The van der Waals surface area contributed by atoms with Crippen LogP contribution < -0.4 is 0 Å². The van der Waals surface area contributed by atoms with Crippen LogP contribution in [0.4, 0.5) is 0 Å². The smallest absolute Gasteiger partial charge is 0.311 e. The number of aliphatic hydroxyl groups is 1. The van der Waals surface area contributed by atoms with E-state index in [4.69, 9.17) is 11.6 Å². The van der Waals surface area contributed by atoms with Crippen LogP contribution in [-0.4, -0.2) is 18.2 Å². The Morgan fingerprint density at radius 3 is 2.40 bits per heavy atom. The molecule has 1 aromatic rings. The van der Waals surface area contributed by atoms with E-state index in [0.29, 0.717) is 10.6 Å². The first kappa shape index (κ1) is 12.0. The van der Waals surface area contributed by atoms with Crippen LogP contribution in [0, 0.1) is 5.92 Å². The van der Waals surface area contributed by atoms with Crippen LogP contribution in [0.3, 0.4) is 0 Å². The summed E-state index contributed by atoms with van der Waals surface area (Å²) < 4.78 is 4.55. The van der Waals surface area contributed by atoms with Gasteiger partial charge in [0, 0.05) is 5.02 Å². The average Bonchev–Trinajstić information content (AvgIpc) is 2.27. The van der Waals surface area contributed by atoms with Gasteiger partial charge in [0.1, 0.15) is 0 Å². The Balaban J connectivity index is 2.80. The first-order valence-corrected chi connectivity index (χ1v) is 4.95. The largest absolute Gasteiger partial charge is 0.469 e. The summed E-state index contributed by atoms with van der Waals surface area (Å²) in [7, 11) is 1.30. The van der Waals surface area contributed by atoms with E-state index in [1.54, 1.807) is 31.2 Å². The average molecular weight is 229 g/mol. The number of carbonyl (C=O) groups excluding carboxylic acids is 1. The fourth-order valence-corrected chi connectivity index (χ4v) is 1.39. The van der Waals surface area contributed by atoms with Crippen molar-refractivity contribution in [3.05, 3.63) is 34.9 Å². The fourth-order valence-electron chi connectivity index (χ4n) is 1.26. The van der Waals surface area contributed by atoms with Crippen LogP contribution in [0.2, 0.25) is 5.02 Å². The summed E-state index contributed by atoms with van der Waals surface area (Å²) in [5, 5.41) is 10.4. The molecule has 2 atom stereocenters. The Kier molecular flexibility index (Phi) is 4.12. The van der Waals surface area contributed by atoms with Gasteiger partial charge in [0.2, 0.25) is 0 Å². The molecule has 3 nitrogen and oxygen atoms in total. The summed E-state index contributed by atoms with van der Waals surface area (Å²) >= 11 is 5.71. The van der Waals surface area contributed by atoms with Gasteiger partial charge < -0.3 is 9.84 Å². The first-order chi connectivity index (χ1) is 7.06. The van der Waals surface area contributed by atoms with Crippen LogP contribution in [-0.2, 0) is 9.53 Å². The molecule has 0 aromatic heterocycles. The Morgan fingerprint density at radius 1 is 1.40 bits per heavy atom. The van der Waals surface area contributed by atoms with E-state index in [1.165, 1.54) is 7.11 Å². The van der Waals surface area contributed by atoms with Gasteiger partial charge in [-0.05, 0) is 24.6 Å². The number of hydrogen-bond donors (Lipinski definition) is 1. The van der Waals surface area contributed by atoms with Crippen LogP contribution in [0.5, 0.6) is 0 Å². The molecule has 0 unspecified atom stereocenters. The molecule has 0 radical (unpaired) electrons. The van der Waals surface area contributed by atoms with Crippen molar-refractivity contribution in [2.45, 2.75) is 13.0 Å². The van der Waals surface area contributed by atoms with Crippen molar-refractivity contribution in [3.63, 3.8) is 0 Å². The van der Waals surface area contributed by atoms with E-state index in [0.717, 1.165) is 0 Å². The monoisotopic (exact) mass is 228 g/mol. The second-order valence-corrected chi connectivity index (χ2v) is 3.74. The molecule has 0 aliphatic carbocycles. The predicted molar refractivity (Wildman–Crippen MR) is 57.6 cm³/mol. The molecule has 4 heteroatoms. The van der Waals surface area contributed by atoms with E-state index in [2.05, 4.69) is 4.74 Å². The molecule has 15 heavy (non-hydrogen) atoms. The lowest BCUT2D eigenvalue weighted by Gasteiger charge is -2.16. The molecule has 0 amide bonds. The third-order valence-electron chi connectivity index (χ3n) is 2.26. The van der Waals surface area contributed by atoms with Crippen LogP contribution >= 0.6 is 11.6 Å². The lowest BCUT2D eigenvalue weighted by Crippen LogP contribution is -2.20. The Bertz CT molecular complexity index is 334. The van der Waals surface area contributed by atoms with Gasteiger partial charge in [-0.3, -0.25) is 4.79 Å². The minimum absolute atomic E-state index is 0.433. The third kappa shape index (κ3) is 2.94. The number of hydrogen-bond acceptors (Lipinski definition) is 3. The maximum Gasteiger partial charge on any atom is 0.311 e. The van der Waals surface area contributed by atoms with Gasteiger partial charge in [0.15, 0.2) is 0 Å². The standard InChI is InChI=1S/C11H13ClO3/c1-7(11(14)15-2)10(13)8-3-5-9(12)6-4-8/h3-7,10,13H,1-2H3/t7-,10-/m0/s1. The van der Waals surface area contributed by atoms with Gasteiger partial charge in [0.05, 0.1) is 19.1 Å². The van der Waals surface area contributed by atoms with Crippen molar-refractivity contribution >= 4 is 17.6 Å². The van der Waals surface area contributed by atoms with Crippen molar-refractivity contribution in [2.75, 3.05) is 7.11 Å². The third-order valence-corrected chi connectivity index (χ3v) is 2.51. The SMILES string of the molecule is COC(=O)[C@@H](C)[C@H](O)c1ccc(Cl)cc1. The minimum Gasteiger partial charge on any atom is -0.469 e. The van der Waals surface area contributed by atoms with E-state index in [1.807, 2.05) is 0 Å². The van der Waals surface area contributed by atoms with E-state index in [-0.39, 0.29) is 0 Å². The van der Waals surface area contributed by atoms with Crippen molar-refractivity contribution in [1.82, 2.24) is 0 Å². The molecule has 82 valence electrons. The Labute approximate surface area is 93.6 Å². The van der Waals surface area contributed by atoms with E-state index >= 15 is 0 Å². The summed E-state index contributed by atoms with van der Waals surface area (Å²) in [6.07, 6.45) is -0.866. The number of esters is 1. The predicted octanol–water partition coefficient (Wildman–Crippen LogP) is 2.18. The number of methoxy groups -OCH3 is 1. The number of halogens is 1. The molecular formula is C11H13ClO3. The molecule has 0 fully saturated rings. The molecule has 0 heterocycles. The zero-order valence-electron chi connectivity index (χ0n) is 8.61. The number of benzene rings is 1. The highest BCUT2D eigenvalue weighted by molar-refractivity contribution is 6.30. The molecular weight excluding hydrogens is 216 g/mol. The van der Waals surface area contributed by atoms with Gasteiger partial charge in [0.25, 0.3) is 0 Å². The number of carbonyl (C=O) groups is 1. The minimum atomic E-state index is -0.866. The normalized spacial score (nSPS) is 14.4. The summed E-state index contributed by atoms with van der Waals surface area (Å²) in [4.78, 5) is 11.2. The summed E-state index contributed by atoms with van der Waals surface area (Å²) in [5.41, 5.74) is 0.650. The van der Waals surface area contributed by atoms with Gasteiger partial charge in [-0.25, -0.2) is 0 Å². The number of aliphatic hydroxyl groups excluding tert-OH is 1. The van der Waals surface area contributed by atoms with Crippen LogP contribution in [0.1, 0.15) is 18.6 Å². The van der Waals surface area contributed by atoms with E-state index in [9.17, 15) is 9.90 Å². The highest BCUT2D eigenvalue weighted by Gasteiger charge is 2.23. The van der Waals surface area contributed by atoms with E-state index < -0.39 is 18.0 Å². The molecule has 1 aromatic carbocycles. The summed E-state index contributed by atoms with van der Waals surface area (Å²) in [6, 6.07) is 6.72. The quantitative estimate of drug-likeness (QED) is 0.807. The summed E-state index contributed by atoms with van der Waals surface area (Å²) in [5.74, 6) is -1.02. The summed E-state index contributed by atoms with van der Waals surface area (Å²) in [6.45, 7) is 1.62. The Morgan fingerprint density at radius 2 is 1.93 bits per heavy atom. The molecule has 1 rings (SSSR count). The molecule has 1 N–H and O–H groups in total. The molecule has 0 bridgehead atoms. The van der Waals surface area contributed by atoms with Crippen molar-refractivity contribution in [3.8, 4) is 0 Å². The van der Waals surface area contributed by atoms with Gasteiger partial charge in [-0.15, -0.1) is 0 Å². The fraction of sp³-hybridized carbons (Fsp3) is 0.364. The van der Waals surface area contributed by atoms with Crippen molar-refractivity contribution in [2.24, 2.45) is 5.92 Å². The number of ether oxygens (including phenoxy) is 1. The maximum absolute atomic E-state index is 11.2. The second-order valence-electron chi connectivity index (χ2n) is 3.31. The lowest BCUT2D eigenvalue weighted by atomic mass is 9.98. The highest BCUT2D eigenvalue weighted by Crippen LogP contribution is 2.23. The zero-order chi connectivity index (χ0) is 11.4. The van der Waals surface area contributed by atoms with Gasteiger partial charge >= 0.3 is 5.97 Å². The van der Waals surface area contributed by atoms with Gasteiger partial charge in [-0.2, -0.15) is 0 Å². The molecule has 0 saturated heterocycles. The Hall–Kier alpha value is -1.06. The topological polar surface area (TPSA) is 46.5 Å². The molecule has 0 aliphatic heterocycles. The lowest BCUT2D eigenvalue weighted by molar-refractivity contribution is -0.148. The van der Waals surface area contributed by atoms with Crippen LogP contribution in [0.25, 0.3) is 0 Å².